The van der Waals surface area contributed by atoms with E-state index in [4.69, 9.17) is 9.47 Å². The van der Waals surface area contributed by atoms with Crippen molar-refractivity contribution in [2.24, 2.45) is 0 Å². The Hall–Kier alpha value is -2.01. The topological polar surface area (TPSA) is 59.2 Å². The number of aromatic nitrogens is 2. The fourth-order valence-electron chi connectivity index (χ4n) is 2.08. The zero-order chi connectivity index (χ0) is 13.9. The molecule has 0 bridgehead atoms. The first kappa shape index (κ1) is 13.0. The van der Waals surface area contributed by atoms with Crippen molar-refractivity contribution in [1.82, 2.24) is 15.3 Å². The zero-order valence-corrected chi connectivity index (χ0v) is 11.8. The number of nitrogens with one attached hydrogen (secondary N) is 2. The van der Waals surface area contributed by atoms with Crippen LogP contribution in [0.4, 0.5) is 0 Å². The summed E-state index contributed by atoms with van der Waals surface area (Å²) in [5.74, 6) is 2.53. The van der Waals surface area contributed by atoms with Crippen LogP contribution in [0, 0.1) is 0 Å². The van der Waals surface area contributed by atoms with Crippen molar-refractivity contribution in [1.29, 1.82) is 0 Å². The summed E-state index contributed by atoms with van der Waals surface area (Å²) in [6.07, 6.45) is 2.96. The van der Waals surface area contributed by atoms with Gasteiger partial charge >= 0.3 is 0 Å². The van der Waals surface area contributed by atoms with Gasteiger partial charge in [-0.1, -0.05) is 6.92 Å². The minimum atomic E-state index is 0.297. The third kappa shape index (κ3) is 2.63. The number of benzene rings is 1. The lowest BCUT2D eigenvalue weighted by atomic mass is 10.1. The van der Waals surface area contributed by atoms with Gasteiger partial charge in [-0.2, -0.15) is 0 Å². The fourth-order valence-corrected chi connectivity index (χ4v) is 2.08. The normalized spacial score (nSPS) is 14.5. The molecule has 0 spiro atoms. The van der Waals surface area contributed by atoms with Crippen molar-refractivity contribution in [3.8, 4) is 22.8 Å². The van der Waals surface area contributed by atoms with Crippen LogP contribution >= 0.6 is 0 Å². The highest BCUT2D eigenvalue weighted by atomic mass is 16.7. The van der Waals surface area contributed by atoms with E-state index in [0.29, 0.717) is 12.8 Å². The third-order valence-electron chi connectivity index (χ3n) is 3.54. The van der Waals surface area contributed by atoms with Gasteiger partial charge in [-0.05, 0) is 31.5 Å². The van der Waals surface area contributed by atoms with E-state index in [2.05, 4.69) is 29.1 Å². The molecule has 1 aliphatic rings. The molecule has 2 aromatic rings. The second kappa shape index (κ2) is 5.54. The van der Waals surface area contributed by atoms with E-state index >= 15 is 0 Å². The molecule has 3 rings (SSSR count). The van der Waals surface area contributed by atoms with E-state index in [9.17, 15) is 0 Å². The number of ether oxygens (including phenoxy) is 2. The smallest absolute Gasteiger partial charge is 0.231 e. The second-order valence-corrected chi connectivity index (χ2v) is 5.00. The van der Waals surface area contributed by atoms with Gasteiger partial charge in [0.1, 0.15) is 5.82 Å². The van der Waals surface area contributed by atoms with Crippen LogP contribution in [-0.4, -0.2) is 22.8 Å². The summed E-state index contributed by atoms with van der Waals surface area (Å²) in [6.45, 7) is 5.38. The highest BCUT2D eigenvalue weighted by Gasteiger charge is 2.14. The van der Waals surface area contributed by atoms with E-state index in [0.717, 1.165) is 41.5 Å². The van der Waals surface area contributed by atoms with Crippen LogP contribution in [0.15, 0.2) is 24.4 Å². The maximum absolute atomic E-state index is 5.39. The Bertz CT molecular complexity index is 595. The quantitative estimate of drug-likeness (QED) is 0.879. The molecule has 2 heterocycles. The van der Waals surface area contributed by atoms with Crippen molar-refractivity contribution in [3.63, 3.8) is 0 Å². The first-order chi connectivity index (χ1) is 9.76. The van der Waals surface area contributed by atoms with E-state index in [1.807, 2.05) is 24.4 Å². The van der Waals surface area contributed by atoms with Crippen LogP contribution < -0.4 is 14.8 Å². The molecule has 0 saturated heterocycles. The van der Waals surface area contributed by atoms with Gasteiger partial charge in [0, 0.05) is 11.6 Å². The Morgan fingerprint density at radius 1 is 1.35 bits per heavy atom. The lowest BCUT2D eigenvalue weighted by molar-refractivity contribution is 0.174. The van der Waals surface area contributed by atoms with Crippen LogP contribution in [0.3, 0.4) is 0 Å². The number of imidazole rings is 1. The van der Waals surface area contributed by atoms with Crippen LogP contribution in [0.25, 0.3) is 11.3 Å². The number of fused-ring (bicyclic) bond motifs is 1. The summed E-state index contributed by atoms with van der Waals surface area (Å²) >= 11 is 0. The summed E-state index contributed by atoms with van der Waals surface area (Å²) in [5, 5.41) is 3.42. The maximum Gasteiger partial charge on any atom is 0.231 e. The van der Waals surface area contributed by atoms with E-state index in [1.165, 1.54) is 0 Å². The Kier molecular flexibility index (Phi) is 3.60. The van der Waals surface area contributed by atoms with Crippen LogP contribution in [0.1, 0.15) is 26.1 Å². The maximum atomic E-state index is 5.39. The Morgan fingerprint density at radius 3 is 3.05 bits per heavy atom. The monoisotopic (exact) mass is 273 g/mol. The fraction of sp³-hybridized carbons (Fsp3) is 0.400. The number of rotatable bonds is 5. The number of hydrogen-bond donors (Lipinski definition) is 2. The van der Waals surface area contributed by atoms with E-state index < -0.39 is 0 Å². The molecule has 0 radical (unpaired) electrons. The highest BCUT2D eigenvalue weighted by molar-refractivity contribution is 5.64. The van der Waals surface area contributed by atoms with Crippen molar-refractivity contribution < 1.29 is 9.47 Å². The van der Waals surface area contributed by atoms with E-state index in [1.54, 1.807) is 0 Å². The summed E-state index contributed by atoms with van der Waals surface area (Å²) in [4.78, 5) is 7.73. The molecule has 1 unspecified atom stereocenters. The minimum absolute atomic E-state index is 0.297. The standard InChI is InChI=1S/C15H19N3O2/c1-3-10(2)16-8-15-17-7-12(18-15)11-4-5-13-14(6-11)20-9-19-13/h4-7,10,16H,3,8-9H2,1-2H3,(H,17,18). The molecule has 20 heavy (non-hydrogen) atoms. The van der Waals surface area contributed by atoms with Gasteiger partial charge in [-0.25, -0.2) is 4.98 Å². The summed E-state index contributed by atoms with van der Waals surface area (Å²) in [5.41, 5.74) is 2.04. The van der Waals surface area contributed by atoms with Gasteiger partial charge in [0.2, 0.25) is 6.79 Å². The first-order valence-corrected chi connectivity index (χ1v) is 6.93. The molecule has 5 heteroatoms. The molecule has 0 fully saturated rings. The lowest BCUT2D eigenvalue weighted by Gasteiger charge is -2.08. The number of nitrogens with zero attached hydrogens (tertiary/aromatic N) is 1. The number of hydrogen-bond acceptors (Lipinski definition) is 4. The van der Waals surface area contributed by atoms with Crippen LogP contribution in [0.5, 0.6) is 11.5 Å². The van der Waals surface area contributed by atoms with Crippen molar-refractivity contribution in [2.45, 2.75) is 32.9 Å². The molecule has 5 nitrogen and oxygen atoms in total. The predicted octanol–water partition coefficient (Wildman–Crippen LogP) is 2.69. The first-order valence-electron chi connectivity index (χ1n) is 6.93. The van der Waals surface area contributed by atoms with Gasteiger partial charge in [0.15, 0.2) is 11.5 Å². The average molecular weight is 273 g/mol. The highest BCUT2D eigenvalue weighted by Crippen LogP contribution is 2.35. The van der Waals surface area contributed by atoms with Crippen LogP contribution in [-0.2, 0) is 6.54 Å². The molecule has 0 aliphatic carbocycles. The number of H-pyrrole nitrogens is 1. The Balaban J connectivity index is 1.73. The predicted molar refractivity (Wildman–Crippen MR) is 76.7 cm³/mol. The van der Waals surface area contributed by atoms with Gasteiger partial charge in [-0.15, -0.1) is 0 Å². The Labute approximate surface area is 118 Å². The van der Waals surface area contributed by atoms with Gasteiger partial charge in [-0.3, -0.25) is 0 Å². The molecule has 1 aliphatic heterocycles. The molecule has 0 amide bonds. The zero-order valence-electron chi connectivity index (χ0n) is 11.8. The average Bonchev–Trinajstić information content (AvgIpc) is 3.12. The molecule has 106 valence electrons. The van der Waals surface area contributed by atoms with Crippen molar-refractivity contribution in [2.75, 3.05) is 6.79 Å². The molecule has 1 aromatic carbocycles. The molecular weight excluding hydrogens is 254 g/mol. The summed E-state index contributed by atoms with van der Waals surface area (Å²) in [7, 11) is 0. The van der Waals surface area contributed by atoms with Crippen LogP contribution in [0.2, 0.25) is 0 Å². The molecule has 1 atom stereocenters. The molecule has 2 N–H and O–H groups in total. The molecular formula is C15H19N3O2. The minimum Gasteiger partial charge on any atom is -0.454 e. The summed E-state index contributed by atoms with van der Waals surface area (Å²) in [6, 6.07) is 6.40. The SMILES string of the molecule is CCC(C)NCc1ncc(-c2ccc3c(c2)OCO3)[nH]1. The molecule has 0 saturated carbocycles. The van der Waals surface area contributed by atoms with Crippen molar-refractivity contribution in [3.05, 3.63) is 30.2 Å². The third-order valence-corrected chi connectivity index (χ3v) is 3.54. The van der Waals surface area contributed by atoms with Gasteiger partial charge in [0.25, 0.3) is 0 Å². The van der Waals surface area contributed by atoms with Crippen molar-refractivity contribution >= 4 is 0 Å². The second-order valence-electron chi connectivity index (χ2n) is 5.00. The van der Waals surface area contributed by atoms with Gasteiger partial charge in [0.05, 0.1) is 18.4 Å². The summed E-state index contributed by atoms with van der Waals surface area (Å²) < 4.78 is 10.7. The molecule has 1 aromatic heterocycles. The lowest BCUT2D eigenvalue weighted by Crippen LogP contribution is -2.24. The largest absolute Gasteiger partial charge is 0.454 e. The van der Waals surface area contributed by atoms with Gasteiger partial charge < -0.3 is 19.8 Å². The Morgan fingerprint density at radius 2 is 2.20 bits per heavy atom. The number of aromatic amines is 1. The van der Waals surface area contributed by atoms with E-state index in [-0.39, 0.29) is 0 Å².